The molecule has 0 atom stereocenters. The minimum absolute atomic E-state index is 0.0917. The lowest BCUT2D eigenvalue weighted by Crippen LogP contribution is -2.07. The minimum atomic E-state index is -0.482. The fourth-order valence-electron chi connectivity index (χ4n) is 2.16. The lowest BCUT2D eigenvalue weighted by atomic mass is 10.1. The van der Waals surface area contributed by atoms with Crippen LogP contribution in [0.3, 0.4) is 0 Å². The van der Waals surface area contributed by atoms with Gasteiger partial charge in [-0.15, -0.1) is 0 Å². The maximum atomic E-state index is 12.1. The molecule has 0 fully saturated rings. The van der Waals surface area contributed by atoms with Gasteiger partial charge in [0.25, 0.3) is 0 Å². The number of nitrogens with zero attached hydrogens (tertiary/aromatic N) is 1. The average molecular weight is 325 g/mol. The van der Waals surface area contributed by atoms with Gasteiger partial charge in [-0.1, -0.05) is 41.9 Å². The van der Waals surface area contributed by atoms with E-state index < -0.39 is 5.97 Å². The molecule has 4 heteroatoms. The summed E-state index contributed by atoms with van der Waals surface area (Å²) in [5.74, 6) is 0.239. The summed E-state index contributed by atoms with van der Waals surface area (Å²) < 4.78 is 5.55. The number of benzene rings is 2. The van der Waals surface area contributed by atoms with E-state index in [1.54, 1.807) is 24.3 Å². The van der Waals surface area contributed by atoms with Gasteiger partial charge in [0.2, 0.25) is 0 Å². The van der Waals surface area contributed by atoms with E-state index in [1.807, 2.05) is 52.0 Å². The topological polar surface area (TPSA) is 47.9 Å². The van der Waals surface area contributed by atoms with E-state index in [4.69, 9.17) is 9.57 Å². The molecule has 0 saturated carbocycles. The number of carbonyl (C=O) groups excluding carboxylic acids is 1. The van der Waals surface area contributed by atoms with Gasteiger partial charge in [-0.2, -0.15) is 0 Å². The van der Waals surface area contributed by atoms with Crippen LogP contribution in [-0.2, 0) is 4.84 Å². The van der Waals surface area contributed by atoms with Gasteiger partial charge in [-0.3, -0.25) is 0 Å². The van der Waals surface area contributed by atoms with E-state index in [0.717, 1.165) is 17.0 Å². The summed E-state index contributed by atoms with van der Waals surface area (Å²) in [6.07, 6.45) is 0.770. The van der Waals surface area contributed by atoms with Crippen LogP contribution in [0, 0.1) is 6.92 Å². The summed E-state index contributed by atoms with van der Waals surface area (Å²) >= 11 is 0. The van der Waals surface area contributed by atoms with E-state index in [-0.39, 0.29) is 6.10 Å². The van der Waals surface area contributed by atoms with Crippen LogP contribution in [-0.4, -0.2) is 17.8 Å². The molecule has 126 valence electrons. The molecule has 0 aliphatic heterocycles. The highest BCUT2D eigenvalue weighted by atomic mass is 16.7. The molecule has 24 heavy (non-hydrogen) atoms. The SMILES string of the molecule is CC/C(=N\OC(=O)c1ccc(OC(C)C)cc1)c1ccc(C)cc1. The number of hydrogen-bond donors (Lipinski definition) is 0. The van der Waals surface area contributed by atoms with Gasteiger partial charge in [0.05, 0.1) is 17.4 Å². The van der Waals surface area contributed by atoms with Crippen molar-refractivity contribution in [1.82, 2.24) is 0 Å². The van der Waals surface area contributed by atoms with Gasteiger partial charge < -0.3 is 9.57 Å². The lowest BCUT2D eigenvalue weighted by molar-refractivity contribution is 0.0516. The van der Waals surface area contributed by atoms with Crippen molar-refractivity contribution in [2.75, 3.05) is 0 Å². The highest BCUT2D eigenvalue weighted by Gasteiger charge is 2.09. The van der Waals surface area contributed by atoms with E-state index in [0.29, 0.717) is 12.0 Å². The number of hydrogen-bond acceptors (Lipinski definition) is 4. The van der Waals surface area contributed by atoms with Crippen LogP contribution in [0.1, 0.15) is 48.7 Å². The Hall–Kier alpha value is -2.62. The third-order valence-corrected chi connectivity index (χ3v) is 3.42. The molecule has 2 aromatic rings. The third kappa shape index (κ3) is 4.95. The summed E-state index contributed by atoms with van der Waals surface area (Å²) in [6.45, 7) is 7.91. The van der Waals surface area contributed by atoms with Gasteiger partial charge in [-0.25, -0.2) is 4.79 Å². The first-order valence-electron chi connectivity index (χ1n) is 8.11. The van der Waals surface area contributed by atoms with Crippen molar-refractivity contribution in [3.05, 3.63) is 65.2 Å². The Kier molecular flexibility index (Phi) is 6.13. The highest BCUT2D eigenvalue weighted by molar-refractivity contribution is 6.00. The van der Waals surface area contributed by atoms with Crippen molar-refractivity contribution in [3.8, 4) is 5.75 Å². The molecule has 0 spiro atoms. The van der Waals surface area contributed by atoms with Crippen molar-refractivity contribution in [3.63, 3.8) is 0 Å². The molecule has 0 saturated heterocycles. The van der Waals surface area contributed by atoms with Crippen LogP contribution in [0.5, 0.6) is 5.75 Å². The third-order valence-electron chi connectivity index (χ3n) is 3.42. The Morgan fingerprint density at radius 2 is 1.58 bits per heavy atom. The Labute approximate surface area is 143 Å². The van der Waals surface area contributed by atoms with Crippen LogP contribution in [0.4, 0.5) is 0 Å². The number of carbonyl (C=O) groups is 1. The standard InChI is InChI=1S/C20H23NO3/c1-5-19(16-8-6-15(4)7-9-16)21-24-20(22)17-10-12-18(13-11-17)23-14(2)3/h6-14H,5H2,1-4H3/b21-19+. The monoisotopic (exact) mass is 325 g/mol. The summed E-state index contributed by atoms with van der Waals surface area (Å²) in [5.41, 5.74) is 3.31. The minimum Gasteiger partial charge on any atom is -0.491 e. The molecule has 0 bridgehead atoms. The molecule has 2 aromatic carbocycles. The molecule has 0 heterocycles. The summed E-state index contributed by atoms with van der Waals surface area (Å²) in [6, 6.07) is 14.8. The molecule has 0 N–H and O–H groups in total. The first kappa shape index (κ1) is 17.7. The second-order valence-electron chi connectivity index (χ2n) is 5.83. The first-order chi connectivity index (χ1) is 11.5. The van der Waals surface area contributed by atoms with Gasteiger partial charge in [-0.05, 0) is 57.0 Å². The molecule has 4 nitrogen and oxygen atoms in total. The number of rotatable bonds is 6. The Bertz CT molecular complexity index is 701. The normalized spacial score (nSPS) is 11.5. The van der Waals surface area contributed by atoms with Crippen LogP contribution >= 0.6 is 0 Å². The van der Waals surface area contributed by atoms with Crippen molar-refractivity contribution in [1.29, 1.82) is 0 Å². The molecule has 0 radical (unpaired) electrons. The van der Waals surface area contributed by atoms with Gasteiger partial charge in [0.1, 0.15) is 5.75 Å². The van der Waals surface area contributed by atoms with E-state index in [1.165, 1.54) is 5.56 Å². The van der Waals surface area contributed by atoms with Crippen LogP contribution in [0.25, 0.3) is 0 Å². The van der Waals surface area contributed by atoms with Crippen molar-refractivity contribution >= 4 is 11.7 Å². The molecule has 0 aliphatic carbocycles. The fourth-order valence-corrected chi connectivity index (χ4v) is 2.16. The van der Waals surface area contributed by atoms with Gasteiger partial charge in [0.15, 0.2) is 0 Å². The summed E-state index contributed by atoms with van der Waals surface area (Å²) in [4.78, 5) is 17.2. The molecule has 0 aromatic heterocycles. The van der Waals surface area contributed by atoms with Crippen molar-refractivity contribution in [2.24, 2.45) is 5.16 Å². The van der Waals surface area contributed by atoms with E-state index in [9.17, 15) is 4.79 Å². The number of oxime groups is 1. The van der Waals surface area contributed by atoms with Crippen LogP contribution < -0.4 is 4.74 Å². The maximum Gasteiger partial charge on any atom is 0.365 e. The van der Waals surface area contributed by atoms with Crippen LogP contribution in [0.15, 0.2) is 53.7 Å². The van der Waals surface area contributed by atoms with Crippen molar-refractivity contribution in [2.45, 2.75) is 40.2 Å². The molecular weight excluding hydrogens is 302 g/mol. The molecule has 0 amide bonds. The number of aryl methyl sites for hydroxylation is 1. The van der Waals surface area contributed by atoms with Crippen LogP contribution in [0.2, 0.25) is 0 Å². The van der Waals surface area contributed by atoms with E-state index in [2.05, 4.69) is 5.16 Å². The molecule has 2 rings (SSSR count). The predicted octanol–water partition coefficient (Wildman–Crippen LogP) is 4.75. The average Bonchev–Trinajstić information content (AvgIpc) is 2.57. The summed E-state index contributed by atoms with van der Waals surface area (Å²) in [7, 11) is 0. The quantitative estimate of drug-likeness (QED) is 0.437. The van der Waals surface area contributed by atoms with Crippen molar-refractivity contribution < 1.29 is 14.4 Å². The number of ether oxygens (including phenoxy) is 1. The Morgan fingerprint density at radius 1 is 1.00 bits per heavy atom. The van der Waals surface area contributed by atoms with Gasteiger partial charge >= 0.3 is 5.97 Å². The van der Waals surface area contributed by atoms with E-state index >= 15 is 0 Å². The Balaban J connectivity index is 2.06. The smallest absolute Gasteiger partial charge is 0.365 e. The zero-order chi connectivity index (χ0) is 17.5. The second-order valence-corrected chi connectivity index (χ2v) is 5.83. The largest absolute Gasteiger partial charge is 0.491 e. The summed E-state index contributed by atoms with van der Waals surface area (Å²) in [5, 5.41) is 4.03. The van der Waals surface area contributed by atoms with Gasteiger partial charge in [0, 0.05) is 0 Å². The fraction of sp³-hybridized carbons (Fsp3) is 0.300. The zero-order valence-corrected chi connectivity index (χ0v) is 14.6. The molecular formula is C20H23NO3. The zero-order valence-electron chi connectivity index (χ0n) is 14.6. The first-order valence-corrected chi connectivity index (χ1v) is 8.11. The lowest BCUT2D eigenvalue weighted by Gasteiger charge is -2.09. The predicted molar refractivity (Wildman–Crippen MR) is 95.6 cm³/mol. The Morgan fingerprint density at radius 3 is 2.12 bits per heavy atom. The maximum absolute atomic E-state index is 12.1. The highest BCUT2D eigenvalue weighted by Crippen LogP contribution is 2.15. The second kappa shape index (κ2) is 8.29. The molecule has 0 aliphatic rings. The molecule has 0 unspecified atom stereocenters.